The van der Waals surface area contributed by atoms with E-state index < -0.39 is 5.41 Å². The van der Waals surface area contributed by atoms with Crippen molar-refractivity contribution in [3.05, 3.63) is 210 Å². The summed E-state index contributed by atoms with van der Waals surface area (Å²) in [6.45, 7) is 0. The van der Waals surface area contributed by atoms with E-state index in [1.54, 1.807) is 0 Å². The fraction of sp³-hybridized carbons (Fsp3) is 0.0192. The third-order valence-electron chi connectivity index (χ3n) is 12.4. The van der Waals surface area contributed by atoms with Crippen molar-refractivity contribution in [2.75, 3.05) is 0 Å². The molecular weight excluding hydrogens is 695 g/mol. The van der Waals surface area contributed by atoms with Gasteiger partial charge in [0.05, 0.1) is 27.5 Å². The second-order valence-corrected chi connectivity index (χ2v) is 15.1. The number of benzene rings is 8. The summed E-state index contributed by atoms with van der Waals surface area (Å²) >= 11 is 0. The topological polar surface area (TPSA) is 48.5 Å². The molecule has 57 heavy (non-hydrogen) atoms. The normalized spacial score (nSPS) is 13.4. The summed E-state index contributed by atoms with van der Waals surface area (Å²) in [6, 6.07) is 67.6. The van der Waals surface area contributed by atoms with Crippen LogP contribution in [0.1, 0.15) is 22.3 Å². The van der Waals surface area contributed by atoms with Gasteiger partial charge in [0.15, 0.2) is 5.82 Å². The number of nitrogens with zero attached hydrogens (tertiary/aromatic N) is 5. The lowest BCUT2D eigenvalue weighted by atomic mass is 9.69. The third-order valence-corrected chi connectivity index (χ3v) is 12.4. The maximum Gasteiger partial charge on any atom is 0.240 e. The molecular formula is C52H31N5. The third kappa shape index (κ3) is 3.90. The van der Waals surface area contributed by atoms with Crippen LogP contribution >= 0.6 is 0 Å². The first kappa shape index (κ1) is 30.7. The average molecular weight is 726 g/mol. The minimum atomic E-state index is -0.504. The van der Waals surface area contributed by atoms with Crippen molar-refractivity contribution >= 4 is 43.6 Å². The molecule has 3 heterocycles. The van der Waals surface area contributed by atoms with Crippen LogP contribution in [0.5, 0.6) is 0 Å². The Morgan fingerprint density at radius 1 is 0.333 bits per heavy atom. The second-order valence-electron chi connectivity index (χ2n) is 15.1. The fourth-order valence-electron chi connectivity index (χ4n) is 10.3. The van der Waals surface area contributed by atoms with E-state index in [2.05, 4.69) is 179 Å². The van der Waals surface area contributed by atoms with Gasteiger partial charge in [-0.25, -0.2) is 0 Å². The molecule has 0 amide bonds. The molecule has 11 aromatic rings. The van der Waals surface area contributed by atoms with Gasteiger partial charge in [-0.3, -0.25) is 9.13 Å². The molecule has 2 aliphatic rings. The lowest BCUT2D eigenvalue weighted by molar-refractivity contribution is 0.801. The van der Waals surface area contributed by atoms with E-state index >= 15 is 0 Å². The molecule has 0 N–H and O–H groups in total. The Labute approximate surface area is 327 Å². The number of rotatable bonds is 3. The smallest absolute Gasteiger partial charge is 0.240 e. The van der Waals surface area contributed by atoms with E-state index in [4.69, 9.17) is 15.0 Å². The highest BCUT2D eigenvalue weighted by atomic mass is 15.3. The van der Waals surface area contributed by atoms with Crippen LogP contribution in [0, 0.1) is 0 Å². The van der Waals surface area contributed by atoms with Crippen LogP contribution < -0.4 is 0 Å². The number of aromatic nitrogens is 5. The maximum absolute atomic E-state index is 5.44. The van der Waals surface area contributed by atoms with Crippen LogP contribution in [0.15, 0.2) is 188 Å². The Kier molecular flexibility index (Phi) is 6.04. The van der Waals surface area contributed by atoms with Crippen LogP contribution in [-0.2, 0) is 5.41 Å². The van der Waals surface area contributed by atoms with Crippen molar-refractivity contribution in [1.29, 1.82) is 0 Å². The van der Waals surface area contributed by atoms with Crippen molar-refractivity contribution in [2.24, 2.45) is 0 Å². The Hall–Kier alpha value is -7.63. The largest absolute Gasteiger partial charge is 0.278 e. The van der Waals surface area contributed by atoms with Crippen molar-refractivity contribution in [1.82, 2.24) is 24.1 Å². The second kappa shape index (κ2) is 11.2. The molecule has 13 rings (SSSR count). The quantitative estimate of drug-likeness (QED) is 0.182. The Morgan fingerprint density at radius 3 is 1.35 bits per heavy atom. The summed E-state index contributed by atoms with van der Waals surface area (Å²) in [6.07, 6.45) is 0. The monoisotopic (exact) mass is 725 g/mol. The highest BCUT2D eigenvalue weighted by Crippen LogP contribution is 2.64. The van der Waals surface area contributed by atoms with E-state index in [0.717, 1.165) is 38.4 Å². The molecule has 0 atom stereocenters. The lowest BCUT2D eigenvalue weighted by Crippen LogP contribution is -2.26. The van der Waals surface area contributed by atoms with E-state index in [1.807, 2.05) is 18.2 Å². The molecule has 0 bridgehead atoms. The molecule has 264 valence electrons. The summed E-state index contributed by atoms with van der Waals surface area (Å²) in [5.74, 6) is 1.77. The summed E-state index contributed by atoms with van der Waals surface area (Å²) in [5.41, 5.74) is 15.0. The van der Waals surface area contributed by atoms with Gasteiger partial charge in [-0.15, -0.1) is 0 Å². The minimum Gasteiger partial charge on any atom is -0.278 e. The molecule has 8 aromatic carbocycles. The van der Waals surface area contributed by atoms with Gasteiger partial charge >= 0.3 is 0 Å². The van der Waals surface area contributed by atoms with Gasteiger partial charge in [0.1, 0.15) is 0 Å². The number of para-hydroxylation sites is 3. The highest BCUT2D eigenvalue weighted by Gasteiger charge is 2.52. The molecule has 3 aromatic heterocycles. The Balaban J connectivity index is 1.17. The van der Waals surface area contributed by atoms with E-state index in [1.165, 1.54) is 55.3 Å². The summed E-state index contributed by atoms with van der Waals surface area (Å²) < 4.78 is 4.45. The first-order chi connectivity index (χ1) is 28.3. The molecule has 0 unspecified atom stereocenters. The molecule has 0 fully saturated rings. The average Bonchev–Trinajstić information content (AvgIpc) is 3.99. The van der Waals surface area contributed by atoms with Crippen molar-refractivity contribution in [3.63, 3.8) is 0 Å². The number of fused-ring (bicyclic) bond motifs is 17. The highest BCUT2D eigenvalue weighted by molar-refractivity contribution is 6.16. The first-order valence-corrected chi connectivity index (χ1v) is 19.5. The van der Waals surface area contributed by atoms with Crippen LogP contribution in [0.2, 0.25) is 0 Å². The van der Waals surface area contributed by atoms with Gasteiger partial charge in [-0.05, 0) is 68.8 Å². The van der Waals surface area contributed by atoms with Gasteiger partial charge < -0.3 is 0 Å². The Morgan fingerprint density at radius 2 is 0.772 bits per heavy atom. The zero-order valence-corrected chi connectivity index (χ0v) is 30.6. The molecule has 5 heteroatoms. The van der Waals surface area contributed by atoms with Gasteiger partial charge in [0.25, 0.3) is 0 Å². The lowest BCUT2D eigenvalue weighted by Gasteiger charge is -2.31. The molecule has 0 aliphatic heterocycles. The maximum atomic E-state index is 5.44. The van der Waals surface area contributed by atoms with Crippen molar-refractivity contribution in [3.8, 4) is 45.5 Å². The van der Waals surface area contributed by atoms with Crippen LogP contribution in [0.3, 0.4) is 0 Å². The molecule has 0 radical (unpaired) electrons. The van der Waals surface area contributed by atoms with Crippen LogP contribution in [0.25, 0.3) is 89.2 Å². The summed E-state index contributed by atoms with van der Waals surface area (Å²) in [4.78, 5) is 16.0. The zero-order chi connectivity index (χ0) is 37.2. The SMILES string of the molecule is c1ccc(-c2nc(-n3c4ccccc4c4ccccc43)nc(-n3c4ccccc4c4c5c(ccc43)-c3ccccc3C53c4ccccc4-c4ccccc43)n2)cc1. The van der Waals surface area contributed by atoms with Crippen molar-refractivity contribution in [2.45, 2.75) is 5.41 Å². The Bertz CT molecular complexity index is 3360. The first-order valence-electron chi connectivity index (χ1n) is 19.5. The van der Waals surface area contributed by atoms with Gasteiger partial charge in [0.2, 0.25) is 11.9 Å². The minimum absolute atomic E-state index is 0.504. The van der Waals surface area contributed by atoms with Crippen LogP contribution in [0.4, 0.5) is 0 Å². The fourth-order valence-corrected chi connectivity index (χ4v) is 10.3. The number of hydrogen-bond donors (Lipinski definition) is 0. The molecule has 0 saturated heterocycles. The van der Waals surface area contributed by atoms with E-state index in [0.29, 0.717) is 17.7 Å². The standard InChI is InChI=1S/C52H31N5/c1-2-16-32(17-3-1)49-53-50(56-43-27-13-7-21-36(43)37-22-8-14-28-44(37)56)55-51(54-49)57-45-29-15-9-23-39(45)47-46(57)31-30-38-35-20-6-12-26-42(35)52(48(38)47)40-24-10-4-18-33(40)34-19-5-11-25-41(34)52/h1-31H. The predicted molar refractivity (Wildman–Crippen MR) is 230 cm³/mol. The molecule has 2 aliphatic carbocycles. The van der Waals surface area contributed by atoms with E-state index in [9.17, 15) is 0 Å². The molecule has 1 spiro atoms. The van der Waals surface area contributed by atoms with Gasteiger partial charge in [-0.1, -0.05) is 164 Å². The number of hydrogen-bond acceptors (Lipinski definition) is 3. The van der Waals surface area contributed by atoms with Crippen LogP contribution in [-0.4, -0.2) is 24.1 Å². The van der Waals surface area contributed by atoms with Crippen molar-refractivity contribution < 1.29 is 0 Å². The predicted octanol–water partition coefficient (Wildman–Crippen LogP) is 12.1. The summed E-state index contributed by atoms with van der Waals surface area (Å²) in [5, 5.41) is 4.70. The molecule has 0 saturated carbocycles. The zero-order valence-electron chi connectivity index (χ0n) is 30.6. The summed E-state index contributed by atoms with van der Waals surface area (Å²) in [7, 11) is 0. The van der Waals surface area contributed by atoms with Gasteiger partial charge in [-0.2, -0.15) is 15.0 Å². The van der Waals surface area contributed by atoms with Gasteiger partial charge in [0, 0.05) is 27.1 Å². The van der Waals surface area contributed by atoms with E-state index in [-0.39, 0.29) is 0 Å². The molecule has 5 nitrogen and oxygen atoms in total.